The van der Waals surface area contributed by atoms with Crippen molar-refractivity contribution in [1.29, 1.82) is 0 Å². The van der Waals surface area contributed by atoms with Crippen LogP contribution in [0.3, 0.4) is 0 Å². The molecule has 3 aromatic rings. The topological polar surface area (TPSA) is 85.7 Å². The number of Topliss-reactive ketones (excluding diaryl/α,β-unsaturated/α-hetero) is 1. The third kappa shape index (κ3) is 3.44. The fraction of sp³-hybridized carbons (Fsp3) is 0.167. The second kappa shape index (κ2) is 7.68. The highest BCUT2D eigenvalue weighted by molar-refractivity contribution is 6.34. The van der Waals surface area contributed by atoms with Crippen LogP contribution in [0, 0.1) is 13.8 Å². The Labute approximate surface area is 178 Å². The van der Waals surface area contributed by atoms with Crippen molar-refractivity contribution in [3.8, 4) is 0 Å². The van der Waals surface area contributed by atoms with Crippen molar-refractivity contribution < 1.29 is 23.9 Å². The van der Waals surface area contributed by atoms with Crippen LogP contribution in [0.25, 0.3) is 0 Å². The van der Waals surface area contributed by atoms with Crippen molar-refractivity contribution in [2.75, 3.05) is 11.5 Å². The molecule has 0 atom stereocenters. The highest BCUT2D eigenvalue weighted by Crippen LogP contribution is 2.28. The van der Waals surface area contributed by atoms with Crippen molar-refractivity contribution in [2.45, 2.75) is 13.8 Å². The molecule has 156 valence electrons. The maximum Gasteiger partial charge on any atom is 0.338 e. The molecule has 0 unspecified atom stereocenters. The summed E-state index contributed by atoms with van der Waals surface area (Å²) in [6.45, 7) is 3.36. The summed E-state index contributed by atoms with van der Waals surface area (Å²) in [4.78, 5) is 51.0. The van der Waals surface area contributed by atoms with Gasteiger partial charge in [-0.1, -0.05) is 12.1 Å². The molecule has 1 aliphatic heterocycles. The van der Waals surface area contributed by atoms with Crippen LogP contribution in [-0.4, -0.2) is 34.7 Å². The van der Waals surface area contributed by atoms with Crippen LogP contribution in [0.15, 0.2) is 54.6 Å². The molecule has 2 heterocycles. The summed E-state index contributed by atoms with van der Waals surface area (Å²) in [7, 11) is 1.86. The molecule has 1 aromatic heterocycles. The fourth-order valence-electron chi connectivity index (χ4n) is 3.60. The van der Waals surface area contributed by atoms with E-state index >= 15 is 0 Å². The van der Waals surface area contributed by atoms with Gasteiger partial charge in [0.15, 0.2) is 6.61 Å². The van der Waals surface area contributed by atoms with Gasteiger partial charge in [0.2, 0.25) is 5.78 Å². The number of hydrogen-bond donors (Lipinski definition) is 0. The van der Waals surface area contributed by atoms with Crippen molar-refractivity contribution in [3.63, 3.8) is 0 Å². The Balaban J connectivity index is 1.44. The van der Waals surface area contributed by atoms with Gasteiger partial charge in [0, 0.05) is 24.0 Å². The van der Waals surface area contributed by atoms with E-state index in [9.17, 15) is 19.2 Å². The van der Waals surface area contributed by atoms with E-state index in [0.717, 1.165) is 16.3 Å². The second-order valence-electron chi connectivity index (χ2n) is 7.38. The molecular weight excluding hydrogens is 396 g/mol. The molecule has 0 fully saturated rings. The standard InChI is InChI=1S/C24H20N2O5/c1-14-12-20(15(2)25(14)3)21(27)13-31-24(30)16-8-10-17(11-9-16)26-22(28)18-6-4-5-7-19(18)23(26)29/h4-12H,13H2,1-3H3. The fourth-order valence-corrected chi connectivity index (χ4v) is 3.60. The van der Waals surface area contributed by atoms with Gasteiger partial charge in [-0.15, -0.1) is 0 Å². The van der Waals surface area contributed by atoms with Crippen molar-refractivity contribution in [3.05, 3.63) is 88.2 Å². The molecule has 31 heavy (non-hydrogen) atoms. The maximum absolute atomic E-state index is 12.6. The first kappa shape index (κ1) is 20.3. The van der Waals surface area contributed by atoms with Crippen LogP contribution in [0.1, 0.15) is 52.8 Å². The monoisotopic (exact) mass is 416 g/mol. The van der Waals surface area contributed by atoms with E-state index in [2.05, 4.69) is 0 Å². The highest BCUT2D eigenvalue weighted by atomic mass is 16.5. The molecule has 0 N–H and O–H groups in total. The lowest BCUT2D eigenvalue weighted by Gasteiger charge is -2.14. The number of aryl methyl sites for hydroxylation is 1. The average Bonchev–Trinajstić information content (AvgIpc) is 3.19. The Hall–Kier alpha value is -4.00. The number of hydrogen-bond acceptors (Lipinski definition) is 5. The number of esters is 1. The number of fused-ring (bicyclic) bond motifs is 1. The van der Waals surface area contributed by atoms with Crippen LogP contribution >= 0.6 is 0 Å². The largest absolute Gasteiger partial charge is 0.454 e. The lowest BCUT2D eigenvalue weighted by molar-refractivity contribution is 0.0474. The predicted molar refractivity (Wildman–Crippen MR) is 114 cm³/mol. The van der Waals surface area contributed by atoms with Gasteiger partial charge in [-0.05, 0) is 56.3 Å². The number of aromatic nitrogens is 1. The molecule has 0 aliphatic carbocycles. The number of anilines is 1. The number of ether oxygens (including phenoxy) is 1. The van der Waals surface area contributed by atoms with Gasteiger partial charge in [-0.3, -0.25) is 14.4 Å². The van der Waals surface area contributed by atoms with E-state index < -0.39 is 17.8 Å². The summed E-state index contributed by atoms with van der Waals surface area (Å²) in [5.41, 5.74) is 3.54. The molecule has 7 heteroatoms. The van der Waals surface area contributed by atoms with E-state index in [1.165, 1.54) is 24.3 Å². The number of benzene rings is 2. The molecule has 0 spiro atoms. The zero-order valence-electron chi connectivity index (χ0n) is 17.3. The summed E-state index contributed by atoms with van der Waals surface area (Å²) < 4.78 is 7.06. The van der Waals surface area contributed by atoms with E-state index in [-0.39, 0.29) is 18.0 Å². The Bertz CT molecular complexity index is 1200. The normalized spacial score (nSPS) is 12.8. The Morgan fingerprint density at radius 3 is 2.00 bits per heavy atom. The van der Waals surface area contributed by atoms with Gasteiger partial charge < -0.3 is 9.30 Å². The number of carbonyl (C=O) groups is 4. The lowest BCUT2D eigenvalue weighted by atomic mass is 10.1. The molecule has 2 amide bonds. The van der Waals surface area contributed by atoms with Crippen LogP contribution in [0.4, 0.5) is 5.69 Å². The average molecular weight is 416 g/mol. The summed E-state index contributed by atoms with van der Waals surface area (Å²) in [6.07, 6.45) is 0. The number of amides is 2. The van der Waals surface area contributed by atoms with E-state index in [0.29, 0.717) is 22.4 Å². The van der Waals surface area contributed by atoms with E-state index in [1.807, 2.05) is 25.5 Å². The number of carbonyl (C=O) groups excluding carboxylic acids is 4. The third-order valence-electron chi connectivity index (χ3n) is 5.57. The molecule has 0 radical (unpaired) electrons. The Kier molecular flexibility index (Phi) is 5.02. The molecule has 7 nitrogen and oxygen atoms in total. The third-order valence-corrected chi connectivity index (χ3v) is 5.57. The smallest absolute Gasteiger partial charge is 0.338 e. The first-order valence-corrected chi connectivity index (χ1v) is 9.70. The second-order valence-corrected chi connectivity index (χ2v) is 7.38. The lowest BCUT2D eigenvalue weighted by Crippen LogP contribution is -2.29. The number of rotatable bonds is 5. The minimum absolute atomic E-state index is 0.217. The molecule has 4 rings (SSSR count). The number of imide groups is 1. The SMILES string of the molecule is Cc1cc(C(=O)COC(=O)c2ccc(N3C(=O)c4ccccc4C3=O)cc2)c(C)n1C. The summed E-state index contributed by atoms with van der Waals surface area (Å²) >= 11 is 0. The molecular formula is C24H20N2O5. The van der Waals surface area contributed by atoms with Gasteiger partial charge in [0.05, 0.1) is 22.4 Å². The molecule has 0 saturated heterocycles. The van der Waals surface area contributed by atoms with E-state index in [1.54, 1.807) is 30.3 Å². The van der Waals surface area contributed by atoms with E-state index in [4.69, 9.17) is 4.74 Å². The maximum atomic E-state index is 12.6. The number of ketones is 1. The van der Waals surface area contributed by atoms with Crippen LogP contribution in [0.5, 0.6) is 0 Å². The van der Waals surface area contributed by atoms with Gasteiger partial charge >= 0.3 is 5.97 Å². The predicted octanol–water partition coefficient (Wildman–Crippen LogP) is 3.48. The van der Waals surface area contributed by atoms with Gasteiger partial charge in [0.25, 0.3) is 11.8 Å². The highest BCUT2D eigenvalue weighted by Gasteiger charge is 2.36. The van der Waals surface area contributed by atoms with Crippen molar-refractivity contribution in [1.82, 2.24) is 4.57 Å². The minimum atomic E-state index is -0.660. The summed E-state index contributed by atoms with van der Waals surface area (Å²) in [6, 6.07) is 14.3. The van der Waals surface area contributed by atoms with Gasteiger partial charge in [0.1, 0.15) is 0 Å². The molecule has 1 aliphatic rings. The first-order chi connectivity index (χ1) is 14.8. The van der Waals surface area contributed by atoms with Crippen LogP contribution in [0.2, 0.25) is 0 Å². The Morgan fingerprint density at radius 2 is 1.48 bits per heavy atom. The number of nitrogens with zero attached hydrogens (tertiary/aromatic N) is 2. The molecule has 0 bridgehead atoms. The Morgan fingerprint density at radius 1 is 0.903 bits per heavy atom. The minimum Gasteiger partial charge on any atom is -0.454 e. The van der Waals surface area contributed by atoms with Gasteiger partial charge in [-0.2, -0.15) is 0 Å². The zero-order chi connectivity index (χ0) is 22.3. The first-order valence-electron chi connectivity index (χ1n) is 9.70. The van der Waals surface area contributed by atoms with Crippen molar-refractivity contribution >= 4 is 29.3 Å². The van der Waals surface area contributed by atoms with Crippen molar-refractivity contribution in [2.24, 2.45) is 7.05 Å². The van der Waals surface area contributed by atoms with Gasteiger partial charge in [-0.25, -0.2) is 9.69 Å². The quantitative estimate of drug-likeness (QED) is 0.361. The van der Waals surface area contributed by atoms with Crippen LogP contribution in [-0.2, 0) is 11.8 Å². The summed E-state index contributed by atoms with van der Waals surface area (Å²) in [5.74, 6) is -1.75. The van der Waals surface area contributed by atoms with Crippen LogP contribution < -0.4 is 4.90 Å². The molecule has 0 saturated carbocycles. The summed E-state index contributed by atoms with van der Waals surface area (Å²) in [5, 5.41) is 0. The molecule has 2 aromatic carbocycles. The zero-order valence-corrected chi connectivity index (χ0v) is 17.3.